The lowest BCUT2D eigenvalue weighted by molar-refractivity contribution is -0.122. The Morgan fingerprint density at radius 1 is 0.964 bits per heavy atom. The molecule has 1 atom stereocenters. The molecule has 1 aliphatic heterocycles. The minimum atomic E-state index is -0.334. The van der Waals surface area contributed by atoms with Gasteiger partial charge in [0.1, 0.15) is 5.75 Å². The molecule has 28 heavy (non-hydrogen) atoms. The van der Waals surface area contributed by atoms with E-state index in [1.54, 1.807) is 0 Å². The summed E-state index contributed by atoms with van der Waals surface area (Å²) in [5.74, 6) is 0.604. The van der Waals surface area contributed by atoms with Gasteiger partial charge >= 0.3 is 0 Å². The first kappa shape index (κ1) is 18.3. The summed E-state index contributed by atoms with van der Waals surface area (Å²) in [7, 11) is 0. The first-order valence-corrected chi connectivity index (χ1v) is 9.77. The molecule has 1 aliphatic rings. The van der Waals surface area contributed by atoms with Crippen LogP contribution in [0, 0.1) is 13.8 Å². The molecule has 142 valence electrons. The van der Waals surface area contributed by atoms with Crippen LogP contribution in [0.2, 0.25) is 0 Å². The van der Waals surface area contributed by atoms with Crippen molar-refractivity contribution in [1.82, 2.24) is 5.32 Å². The molecule has 1 amide bonds. The number of fused-ring (bicyclic) bond motifs is 1. The maximum Gasteiger partial charge on any atom is 0.232 e. The standard InChI is InChI=1S/C25H25NO2/c1-17-15-18(2)24-21(16-17)22(13-14-28-24)26-25(27)23(19-9-5-3-6-10-19)20-11-7-4-8-12-20/h3-12,15-16,22-23H,13-14H2,1-2H3,(H,26,27). The Morgan fingerprint density at radius 3 is 2.18 bits per heavy atom. The van der Waals surface area contributed by atoms with Gasteiger partial charge in [-0.1, -0.05) is 78.4 Å². The summed E-state index contributed by atoms with van der Waals surface area (Å²) in [4.78, 5) is 13.4. The van der Waals surface area contributed by atoms with Crippen molar-refractivity contribution in [3.63, 3.8) is 0 Å². The zero-order valence-electron chi connectivity index (χ0n) is 16.3. The molecule has 0 saturated carbocycles. The lowest BCUT2D eigenvalue weighted by Gasteiger charge is -2.30. The van der Waals surface area contributed by atoms with Gasteiger partial charge in [-0.2, -0.15) is 0 Å². The number of carbonyl (C=O) groups is 1. The Labute approximate surface area is 166 Å². The van der Waals surface area contributed by atoms with Crippen molar-refractivity contribution in [2.45, 2.75) is 32.2 Å². The molecule has 3 heteroatoms. The second kappa shape index (κ2) is 7.89. The molecule has 0 aromatic heterocycles. The van der Waals surface area contributed by atoms with E-state index >= 15 is 0 Å². The molecular weight excluding hydrogens is 346 g/mol. The first-order valence-electron chi connectivity index (χ1n) is 9.77. The number of ether oxygens (including phenoxy) is 1. The number of hydrogen-bond donors (Lipinski definition) is 1. The van der Waals surface area contributed by atoms with Crippen LogP contribution >= 0.6 is 0 Å². The largest absolute Gasteiger partial charge is 0.493 e. The average Bonchev–Trinajstić information content (AvgIpc) is 2.70. The molecule has 0 bridgehead atoms. The zero-order chi connectivity index (χ0) is 19.5. The SMILES string of the molecule is Cc1cc(C)c2c(c1)C(NC(=O)C(c1ccccc1)c1ccccc1)CCO2. The van der Waals surface area contributed by atoms with Gasteiger partial charge in [-0.25, -0.2) is 0 Å². The highest BCUT2D eigenvalue weighted by molar-refractivity contribution is 5.87. The predicted octanol–water partition coefficient (Wildman–Crippen LogP) is 5.08. The smallest absolute Gasteiger partial charge is 0.232 e. The van der Waals surface area contributed by atoms with Gasteiger partial charge in [0.15, 0.2) is 0 Å². The molecule has 3 aromatic carbocycles. The van der Waals surface area contributed by atoms with Crippen molar-refractivity contribution in [2.75, 3.05) is 6.61 Å². The zero-order valence-corrected chi connectivity index (χ0v) is 16.3. The lowest BCUT2D eigenvalue weighted by atomic mass is 9.89. The number of carbonyl (C=O) groups excluding carboxylic acids is 1. The molecule has 1 unspecified atom stereocenters. The normalized spacial score (nSPS) is 15.6. The number of benzene rings is 3. The van der Waals surface area contributed by atoms with Crippen LogP contribution in [0.4, 0.5) is 0 Å². The van der Waals surface area contributed by atoms with Crippen molar-refractivity contribution in [2.24, 2.45) is 0 Å². The van der Waals surface area contributed by atoms with Crippen molar-refractivity contribution in [3.05, 3.63) is 101 Å². The molecule has 0 radical (unpaired) electrons. The average molecular weight is 371 g/mol. The van der Waals surface area contributed by atoms with Crippen LogP contribution in [0.5, 0.6) is 5.75 Å². The number of nitrogens with one attached hydrogen (secondary N) is 1. The van der Waals surface area contributed by atoms with Crippen LogP contribution in [0.3, 0.4) is 0 Å². The summed E-state index contributed by atoms with van der Waals surface area (Å²) in [6, 6.07) is 24.2. The number of hydrogen-bond acceptors (Lipinski definition) is 2. The molecule has 0 saturated heterocycles. The van der Waals surface area contributed by atoms with Crippen molar-refractivity contribution in [3.8, 4) is 5.75 Å². The molecule has 3 nitrogen and oxygen atoms in total. The first-order chi connectivity index (χ1) is 13.6. The third-order valence-corrected chi connectivity index (χ3v) is 5.32. The fraction of sp³-hybridized carbons (Fsp3) is 0.240. The van der Waals surface area contributed by atoms with Crippen LogP contribution in [0.25, 0.3) is 0 Å². The topological polar surface area (TPSA) is 38.3 Å². The summed E-state index contributed by atoms with van der Waals surface area (Å²) in [6.07, 6.45) is 0.776. The van der Waals surface area contributed by atoms with Gasteiger partial charge < -0.3 is 10.1 Å². The van der Waals surface area contributed by atoms with Crippen LogP contribution in [-0.2, 0) is 4.79 Å². The summed E-state index contributed by atoms with van der Waals surface area (Å²) < 4.78 is 5.90. The number of aryl methyl sites for hydroxylation is 2. The summed E-state index contributed by atoms with van der Waals surface area (Å²) >= 11 is 0. The second-order valence-electron chi connectivity index (χ2n) is 7.45. The van der Waals surface area contributed by atoms with Crippen molar-refractivity contribution < 1.29 is 9.53 Å². The fourth-order valence-electron chi connectivity index (χ4n) is 4.07. The van der Waals surface area contributed by atoms with Crippen LogP contribution in [0.1, 0.15) is 46.2 Å². The van der Waals surface area contributed by atoms with E-state index in [4.69, 9.17) is 4.74 Å². The number of amides is 1. The third-order valence-electron chi connectivity index (χ3n) is 5.32. The maximum absolute atomic E-state index is 13.4. The Balaban J connectivity index is 1.67. The van der Waals surface area contributed by atoms with Crippen LogP contribution in [0.15, 0.2) is 72.8 Å². The van der Waals surface area contributed by atoms with Crippen molar-refractivity contribution in [1.29, 1.82) is 0 Å². The van der Waals surface area contributed by atoms with Gasteiger partial charge in [0.25, 0.3) is 0 Å². The number of rotatable bonds is 4. The Bertz CT molecular complexity index is 927. The lowest BCUT2D eigenvalue weighted by Crippen LogP contribution is -2.36. The van der Waals surface area contributed by atoms with E-state index < -0.39 is 0 Å². The minimum absolute atomic E-state index is 0.0226. The van der Waals surface area contributed by atoms with E-state index in [0.29, 0.717) is 6.61 Å². The highest BCUT2D eigenvalue weighted by Crippen LogP contribution is 2.36. The summed E-state index contributed by atoms with van der Waals surface area (Å²) in [6.45, 7) is 4.76. The Kier molecular flexibility index (Phi) is 5.16. The highest BCUT2D eigenvalue weighted by Gasteiger charge is 2.29. The summed E-state index contributed by atoms with van der Waals surface area (Å²) in [5.41, 5.74) is 5.38. The van der Waals surface area contributed by atoms with Crippen molar-refractivity contribution >= 4 is 5.91 Å². The second-order valence-corrected chi connectivity index (χ2v) is 7.45. The van der Waals surface area contributed by atoms with Crippen LogP contribution in [-0.4, -0.2) is 12.5 Å². The van der Waals surface area contributed by atoms with Crippen LogP contribution < -0.4 is 10.1 Å². The van der Waals surface area contributed by atoms with E-state index in [9.17, 15) is 4.79 Å². The molecule has 4 rings (SSSR count). The predicted molar refractivity (Wildman–Crippen MR) is 112 cm³/mol. The van der Waals surface area contributed by atoms with Gasteiger partial charge in [0.2, 0.25) is 5.91 Å². The fourth-order valence-corrected chi connectivity index (χ4v) is 4.07. The van der Waals surface area contributed by atoms with Gasteiger partial charge in [-0.15, -0.1) is 0 Å². The minimum Gasteiger partial charge on any atom is -0.493 e. The Morgan fingerprint density at radius 2 is 1.57 bits per heavy atom. The van der Waals surface area contributed by atoms with E-state index in [1.807, 2.05) is 60.7 Å². The molecule has 1 heterocycles. The third kappa shape index (κ3) is 3.65. The quantitative estimate of drug-likeness (QED) is 0.695. The molecule has 0 spiro atoms. The van der Waals surface area contributed by atoms with E-state index in [-0.39, 0.29) is 17.9 Å². The highest BCUT2D eigenvalue weighted by atomic mass is 16.5. The summed E-state index contributed by atoms with van der Waals surface area (Å²) in [5, 5.41) is 3.31. The van der Waals surface area contributed by atoms with E-state index in [0.717, 1.165) is 34.4 Å². The van der Waals surface area contributed by atoms with Gasteiger partial charge in [-0.3, -0.25) is 4.79 Å². The molecule has 0 aliphatic carbocycles. The van der Waals surface area contributed by atoms with Gasteiger partial charge in [0, 0.05) is 12.0 Å². The maximum atomic E-state index is 13.4. The van der Waals surface area contributed by atoms with Gasteiger partial charge in [0.05, 0.1) is 18.6 Å². The molecule has 3 aromatic rings. The van der Waals surface area contributed by atoms with E-state index in [1.165, 1.54) is 5.56 Å². The Hall–Kier alpha value is -3.07. The molecular formula is C25H25NO2. The molecule has 1 N–H and O–H groups in total. The monoisotopic (exact) mass is 371 g/mol. The van der Waals surface area contributed by atoms with E-state index in [2.05, 4.69) is 31.3 Å². The van der Waals surface area contributed by atoms with Gasteiger partial charge in [-0.05, 0) is 30.5 Å². The molecule has 0 fully saturated rings.